The van der Waals surface area contributed by atoms with E-state index in [-0.39, 0.29) is 18.9 Å². The number of nitrogens with zero attached hydrogens (tertiary/aromatic N) is 1. The van der Waals surface area contributed by atoms with Gasteiger partial charge >= 0.3 is 0 Å². The summed E-state index contributed by atoms with van der Waals surface area (Å²) < 4.78 is 25.6. The van der Waals surface area contributed by atoms with Crippen molar-refractivity contribution in [2.45, 2.75) is 26.7 Å². The molecule has 0 saturated heterocycles. The van der Waals surface area contributed by atoms with E-state index in [0.717, 1.165) is 16.8 Å². The van der Waals surface area contributed by atoms with E-state index in [1.54, 1.807) is 6.07 Å². The maximum Gasteiger partial charge on any atom is 0.232 e. The number of nitrogens with one attached hydrogen (secondary N) is 1. The van der Waals surface area contributed by atoms with Gasteiger partial charge in [0, 0.05) is 18.7 Å². The van der Waals surface area contributed by atoms with Crippen molar-refractivity contribution in [3.63, 3.8) is 0 Å². The van der Waals surface area contributed by atoms with Gasteiger partial charge in [-0.2, -0.15) is 0 Å². The van der Waals surface area contributed by atoms with Crippen LogP contribution in [0.5, 0.6) is 0 Å². The summed E-state index contributed by atoms with van der Waals surface area (Å²) in [6.07, 6.45) is 1.89. The van der Waals surface area contributed by atoms with Crippen molar-refractivity contribution in [2.24, 2.45) is 0 Å². The highest BCUT2D eigenvalue weighted by molar-refractivity contribution is 7.92. The van der Waals surface area contributed by atoms with Gasteiger partial charge in [0.2, 0.25) is 15.9 Å². The average Bonchev–Trinajstić information content (AvgIpc) is 2.54. The lowest BCUT2D eigenvalue weighted by atomic mass is 10.2. The van der Waals surface area contributed by atoms with Crippen LogP contribution in [0.4, 0.5) is 11.4 Å². The van der Waals surface area contributed by atoms with E-state index in [2.05, 4.69) is 5.32 Å². The summed E-state index contributed by atoms with van der Waals surface area (Å²) >= 11 is 0. The van der Waals surface area contributed by atoms with Crippen LogP contribution in [0.1, 0.15) is 24.0 Å². The van der Waals surface area contributed by atoms with E-state index in [0.29, 0.717) is 12.1 Å². The largest absolute Gasteiger partial charge is 0.326 e. The van der Waals surface area contributed by atoms with Gasteiger partial charge in [0.05, 0.1) is 11.9 Å². The van der Waals surface area contributed by atoms with Gasteiger partial charge in [0.15, 0.2) is 0 Å². The van der Waals surface area contributed by atoms with E-state index in [1.807, 2.05) is 56.3 Å². The molecule has 25 heavy (non-hydrogen) atoms. The summed E-state index contributed by atoms with van der Waals surface area (Å²) in [5, 5.41) is 2.83. The second kappa shape index (κ2) is 8.16. The molecule has 6 heteroatoms. The molecule has 5 nitrogen and oxygen atoms in total. The van der Waals surface area contributed by atoms with Gasteiger partial charge in [-0.15, -0.1) is 0 Å². The fourth-order valence-corrected chi connectivity index (χ4v) is 3.57. The molecule has 0 aromatic heterocycles. The molecule has 0 atom stereocenters. The molecule has 0 aliphatic carbocycles. The van der Waals surface area contributed by atoms with Gasteiger partial charge < -0.3 is 5.32 Å². The Bertz CT molecular complexity index is 830. The minimum absolute atomic E-state index is 0.123. The van der Waals surface area contributed by atoms with Crippen LogP contribution in [0, 0.1) is 13.8 Å². The highest BCUT2D eigenvalue weighted by atomic mass is 32.2. The van der Waals surface area contributed by atoms with Crippen LogP contribution in [0.2, 0.25) is 0 Å². The number of benzene rings is 2. The summed E-state index contributed by atoms with van der Waals surface area (Å²) in [4.78, 5) is 12.1. The van der Waals surface area contributed by atoms with Crippen LogP contribution in [0.3, 0.4) is 0 Å². The van der Waals surface area contributed by atoms with Gasteiger partial charge in [-0.25, -0.2) is 8.42 Å². The predicted molar refractivity (Wildman–Crippen MR) is 102 cm³/mol. The molecule has 0 bridgehead atoms. The standard InChI is InChI=1S/C19H24N2O3S/c1-15-10-12-17(13-11-15)20-19(22)9-6-14-21(25(3,23)24)18-8-5-4-7-16(18)2/h4-5,7-8,10-13H,6,9,14H2,1-3H3,(H,20,22). The average molecular weight is 360 g/mol. The molecule has 0 fully saturated rings. The van der Waals surface area contributed by atoms with E-state index in [1.165, 1.54) is 10.6 Å². The number of anilines is 2. The van der Waals surface area contributed by atoms with Crippen molar-refractivity contribution < 1.29 is 13.2 Å². The number of amides is 1. The van der Waals surface area contributed by atoms with E-state index < -0.39 is 10.0 Å². The number of hydrogen-bond acceptors (Lipinski definition) is 3. The Kier molecular flexibility index (Phi) is 6.20. The van der Waals surface area contributed by atoms with Crippen molar-refractivity contribution in [1.82, 2.24) is 0 Å². The molecule has 2 rings (SSSR count). The molecular weight excluding hydrogens is 336 g/mol. The Labute approximate surface area is 149 Å². The summed E-state index contributed by atoms with van der Waals surface area (Å²) in [6, 6.07) is 14.9. The zero-order valence-electron chi connectivity index (χ0n) is 14.8. The smallest absolute Gasteiger partial charge is 0.232 e. The molecule has 1 amide bonds. The molecule has 0 saturated carbocycles. The van der Waals surface area contributed by atoms with Crippen molar-refractivity contribution >= 4 is 27.3 Å². The van der Waals surface area contributed by atoms with Crippen LogP contribution >= 0.6 is 0 Å². The van der Waals surface area contributed by atoms with Crippen molar-refractivity contribution in [1.29, 1.82) is 0 Å². The van der Waals surface area contributed by atoms with Crippen molar-refractivity contribution in [3.8, 4) is 0 Å². The van der Waals surface area contributed by atoms with Crippen molar-refractivity contribution in [3.05, 3.63) is 59.7 Å². The Balaban J connectivity index is 1.96. The Morgan fingerprint density at radius 3 is 2.28 bits per heavy atom. The molecular formula is C19H24N2O3S. The third-order valence-electron chi connectivity index (χ3n) is 3.88. The molecule has 0 aliphatic heterocycles. The van der Waals surface area contributed by atoms with Crippen molar-refractivity contribution in [2.75, 3.05) is 22.4 Å². The fourth-order valence-electron chi connectivity index (χ4n) is 2.55. The minimum atomic E-state index is -3.40. The molecule has 134 valence electrons. The molecule has 0 radical (unpaired) electrons. The third kappa shape index (κ3) is 5.60. The van der Waals surface area contributed by atoms with E-state index >= 15 is 0 Å². The zero-order chi connectivity index (χ0) is 18.4. The zero-order valence-corrected chi connectivity index (χ0v) is 15.6. The second-order valence-corrected chi connectivity index (χ2v) is 8.05. The number of para-hydroxylation sites is 1. The predicted octanol–water partition coefficient (Wildman–Crippen LogP) is 3.49. The second-order valence-electron chi connectivity index (χ2n) is 6.14. The monoisotopic (exact) mass is 360 g/mol. The first-order valence-electron chi connectivity index (χ1n) is 8.17. The maximum absolute atomic E-state index is 12.1. The van der Waals surface area contributed by atoms with E-state index in [4.69, 9.17) is 0 Å². The Hall–Kier alpha value is -2.34. The highest BCUT2D eigenvalue weighted by Gasteiger charge is 2.19. The molecule has 0 aliphatic rings. The van der Waals surface area contributed by atoms with Crippen LogP contribution in [-0.4, -0.2) is 27.1 Å². The minimum Gasteiger partial charge on any atom is -0.326 e. The van der Waals surface area contributed by atoms with Crippen LogP contribution < -0.4 is 9.62 Å². The number of aryl methyl sites for hydroxylation is 2. The lowest BCUT2D eigenvalue weighted by Gasteiger charge is -2.24. The topological polar surface area (TPSA) is 66.5 Å². The molecule has 0 unspecified atom stereocenters. The first-order chi connectivity index (χ1) is 11.8. The molecule has 1 N–H and O–H groups in total. The summed E-state index contributed by atoms with van der Waals surface area (Å²) in [7, 11) is -3.40. The van der Waals surface area contributed by atoms with Gasteiger partial charge in [0.25, 0.3) is 0 Å². The SMILES string of the molecule is Cc1ccc(NC(=O)CCCN(c2ccccc2C)S(C)(=O)=O)cc1. The van der Waals surface area contributed by atoms with Crippen LogP contribution in [-0.2, 0) is 14.8 Å². The highest BCUT2D eigenvalue weighted by Crippen LogP contribution is 2.22. The fraction of sp³-hybridized carbons (Fsp3) is 0.316. The normalized spacial score (nSPS) is 11.2. The number of sulfonamides is 1. The van der Waals surface area contributed by atoms with Crippen LogP contribution in [0.15, 0.2) is 48.5 Å². The first kappa shape index (κ1) is 19.0. The first-order valence-corrected chi connectivity index (χ1v) is 10.0. The summed E-state index contributed by atoms with van der Waals surface area (Å²) in [5.74, 6) is -0.123. The van der Waals surface area contributed by atoms with Gasteiger partial charge in [0.1, 0.15) is 0 Å². The number of hydrogen-bond donors (Lipinski definition) is 1. The summed E-state index contributed by atoms with van der Waals surface area (Å²) in [6.45, 7) is 4.12. The number of carbonyl (C=O) groups is 1. The molecule has 2 aromatic rings. The van der Waals surface area contributed by atoms with Gasteiger partial charge in [-0.1, -0.05) is 35.9 Å². The number of carbonyl (C=O) groups excluding carboxylic acids is 1. The van der Waals surface area contributed by atoms with Gasteiger partial charge in [-0.3, -0.25) is 9.10 Å². The van der Waals surface area contributed by atoms with Gasteiger partial charge in [-0.05, 0) is 44.0 Å². The third-order valence-corrected chi connectivity index (χ3v) is 5.06. The van der Waals surface area contributed by atoms with E-state index in [9.17, 15) is 13.2 Å². The van der Waals surface area contributed by atoms with Crippen LogP contribution in [0.25, 0.3) is 0 Å². The number of rotatable bonds is 7. The maximum atomic E-state index is 12.1. The quantitative estimate of drug-likeness (QED) is 0.822. The Morgan fingerprint density at radius 2 is 1.68 bits per heavy atom. The molecule has 0 heterocycles. The molecule has 0 spiro atoms. The lowest BCUT2D eigenvalue weighted by molar-refractivity contribution is -0.116. The lowest BCUT2D eigenvalue weighted by Crippen LogP contribution is -2.32. The Morgan fingerprint density at radius 1 is 1.04 bits per heavy atom. The summed E-state index contributed by atoms with van der Waals surface area (Å²) in [5.41, 5.74) is 3.41. The molecule has 2 aromatic carbocycles.